The zero-order valence-corrected chi connectivity index (χ0v) is 18.9. The summed E-state index contributed by atoms with van der Waals surface area (Å²) in [6.45, 7) is 0.168. The number of sulfonamides is 1. The average Bonchev–Trinajstić information content (AvgIpc) is 3.16. The maximum atomic E-state index is 13.4. The number of anilines is 1. The Morgan fingerprint density at radius 3 is 2.52 bits per heavy atom. The Morgan fingerprint density at radius 1 is 1.13 bits per heavy atom. The fraction of sp³-hybridized carbons (Fsp3) is 0.263. The number of hydrogen-bond acceptors (Lipinski definition) is 5. The van der Waals surface area contributed by atoms with Crippen molar-refractivity contribution in [2.45, 2.75) is 17.7 Å². The van der Waals surface area contributed by atoms with Crippen molar-refractivity contribution in [3.63, 3.8) is 0 Å². The van der Waals surface area contributed by atoms with Gasteiger partial charge in [0.05, 0.1) is 19.6 Å². The summed E-state index contributed by atoms with van der Waals surface area (Å²) in [5.41, 5.74) is 0.502. The van der Waals surface area contributed by atoms with E-state index < -0.39 is 27.6 Å². The van der Waals surface area contributed by atoms with E-state index in [1.165, 1.54) is 15.6 Å². The molecule has 0 spiro atoms. The van der Waals surface area contributed by atoms with Crippen molar-refractivity contribution in [1.82, 2.24) is 9.29 Å². The van der Waals surface area contributed by atoms with Gasteiger partial charge in [-0.15, -0.1) is 0 Å². The number of halogens is 4. The minimum atomic E-state index is -3.98. The molecule has 0 aliphatic carbocycles. The molecule has 0 saturated carbocycles. The van der Waals surface area contributed by atoms with Crippen LogP contribution in [0.5, 0.6) is 0 Å². The molecule has 1 aromatic heterocycles. The van der Waals surface area contributed by atoms with Gasteiger partial charge in [0.15, 0.2) is 16.8 Å². The van der Waals surface area contributed by atoms with Gasteiger partial charge < -0.3 is 5.32 Å². The van der Waals surface area contributed by atoms with Gasteiger partial charge in [-0.05, 0) is 43.2 Å². The predicted molar refractivity (Wildman–Crippen MR) is 116 cm³/mol. The van der Waals surface area contributed by atoms with E-state index in [0.717, 1.165) is 16.8 Å². The van der Waals surface area contributed by atoms with E-state index in [2.05, 4.69) is 10.3 Å². The van der Waals surface area contributed by atoms with Gasteiger partial charge in [-0.1, -0.05) is 34.5 Å². The van der Waals surface area contributed by atoms with Crippen LogP contribution in [0, 0.1) is 17.6 Å². The van der Waals surface area contributed by atoms with E-state index in [4.69, 9.17) is 23.2 Å². The Bertz CT molecular complexity index is 1280. The van der Waals surface area contributed by atoms with Crippen molar-refractivity contribution < 1.29 is 22.0 Å². The van der Waals surface area contributed by atoms with Crippen LogP contribution in [0.15, 0.2) is 35.2 Å². The summed E-state index contributed by atoms with van der Waals surface area (Å²) in [4.78, 5) is 16.6. The van der Waals surface area contributed by atoms with Gasteiger partial charge in [0.1, 0.15) is 5.52 Å². The lowest BCUT2D eigenvalue weighted by molar-refractivity contribution is -0.120. The van der Waals surface area contributed by atoms with Crippen LogP contribution in [0.4, 0.5) is 13.9 Å². The average molecular weight is 506 g/mol. The molecule has 31 heavy (non-hydrogen) atoms. The van der Waals surface area contributed by atoms with Crippen molar-refractivity contribution >= 4 is 65.8 Å². The zero-order valence-electron chi connectivity index (χ0n) is 15.7. The number of hydrogen-bond donors (Lipinski definition) is 1. The number of rotatable bonds is 4. The molecule has 4 rings (SSSR count). The van der Waals surface area contributed by atoms with Gasteiger partial charge in [0.2, 0.25) is 15.9 Å². The van der Waals surface area contributed by atoms with E-state index in [1.807, 2.05) is 0 Å². The molecule has 1 fully saturated rings. The Kier molecular flexibility index (Phi) is 6.19. The molecule has 1 aliphatic heterocycles. The summed E-state index contributed by atoms with van der Waals surface area (Å²) in [7, 11) is -3.98. The molecule has 164 valence electrons. The first kappa shape index (κ1) is 22.3. The summed E-state index contributed by atoms with van der Waals surface area (Å²) >= 11 is 13.4. The van der Waals surface area contributed by atoms with Crippen molar-refractivity contribution in [2.24, 2.45) is 5.92 Å². The fourth-order valence-corrected chi connectivity index (χ4v) is 6.12. The second kappa shape index (κ2) is 8.59. The third-order valence-corrected chi connectivity index (χ3v) is 8.66. The van der Waals surface area contributed by atoms with E-state index >= 15 is 0 Å². The first-order valence-electron chi connectivity index (χ1n) is 9.17. The molecule has 0 unspecified atom stereocenters. The predicted octanol–water partition coefficient (Wildman–Crippen LogP) is 4.92. The number of nitrogens with zero attached hydrogens (tertiary/aromatic N) is 2. The Labute approximate surface area is 190 Å². The highest BCUT2D eigenvalue weighted by atomic mass is 35.5. The van der Waals surface area contributed by atoms with Gasteiger partial charge in [-0.3, -0.25) is 4.79 Å². The van der Waals surface area contributed by atoms with Crippen LogP contribution in [-0.2, 0) is 14.8 Å². The number of benzene rings is 2. The first-order valence-corrected chi connectivity index (χ1v) is 12.2. The minimum Gasteiger partial charge on any atom is -0.302 e. The number of piperidine rings is 1. The number of carbonyl (C=O) groups is 1. The standard InChI is InChI=1S/C19H15Cl2F2N3O3S2/c20-12-2-4-15-17(16(12)21)24-19(30-15)25-18(27)10-5-7-26(8-6-10)31(28,29)11-1-3-13(22)14(23)9-11/h1-4,9-10H,5-8H2,(H,24,25,27). The zero-order chi connectivity index (χ0) is 22.3. The van der Waals surface area contributed by atoms with E-state index in [0.29, 0.717) is 26.8 Å². The molecule has 0 radical (unpaired) electrons. The number of nitrogens with one attached hydrogen (secondary N) is 1. The van der Waals surface area contributed by atoms with Gasteiger partial charge in [0.25, 0.3) is 0 Å². The first-order chi connectivity index (χ1) is 14.7. The quantitative estimate of drug-likeness (QED) is 0.545. The molecule has 0 bridgehead atoms. The molecule has 6 nitrogen and oxygen atoms in total. The fourth-order valence-electron chi connectivity index (χ4n) is 3.34. The molecule has 1 N–H and O–H groups in total. The number of amides is 1. The SMILES string of the molecule is O=C(Nc1nc2c(Cl)c(Cl)ccc2s1)C1CCN(S(=O)(=O)c2ccc(F)c(F)c2)CC1. The Morgan fingerprint density at radius 2 is 1.84 bits per heavy atom. The summed E-state index contributed by atoms with van der Waals surface area (Å²) in [6, 6.07) is 5.88. The van der Waals surface area contributed by atoms with Gasteiger partial charge in [-0.2, -0.15) is 4.31 Å². The highest BCUT2D eigenvalue weighted by molar-refractivity contribution is 7.89. The highest BCUT2D eigenvalue weighted by Gasteiger charge is 2.33. The summed E-state index contributed by atoms with van der Waals surface area (Å²) < 4.78 is 53.9. The second-order valence-electron chi connectivity index (χ2n) is 6.97. The van der Waals surface area contributed by atoms with Crippen LogP contribution in [0.2, 0.25) is 10.0 Å². The van der Waals surface area contributed by atoms with E-state index in [9.17, 15) is 22.0 Å². The second-order valence-corrected chi connectivity index (χ2v) is 10.7. The number of fused-ring (bicyclic) bond motifs is 1. The van der Waals surface area contributed by atoms with Gasteiger partial charge in [-0.25, -0.2) is 22.2 Å². The van der Waals surface area contributed by atoms with Crippen molar-refractivity contribution in [1.29, 1.82) is 0 Å². The largest absolute Gasteiger partial charge is 0.302 e. The number of carbonyl (C=O) groups excluding carboxylic acids is 1. The molecular weight excluding hydrogens is 491 g/mol. The van der Waals surface area contributed by atoms with Crippen LogP contribution < -0.4 is 5.32 Å². The van der Waals surface area contributed by atoms with Crippen molar-refractivity contribution in [3.8, 4) is 0 Å². The molecule has 1 aliphatic rings. The van der Waals surface area contributed by atoms with Crippen LogP contribution in [0.25, 0.3) is 10.2 Å². The molecule has 12 heteroatoms. The minimum absolute atomic E-state index is 0.0840. The van der Waals surface area contributed by atoms with Crippen molar-refractivity contribution in [3.05, 3.63) is 52.0 Å². The van der Waals surface area contributed by atoms with Crippen LogP contribution in [0.1, 0.15) is 12.8 Å². The maximum Gasteiger partial charge on any atom is 0.243 e. The third kappa shape index (κ3) is 4.40. The molecule has 2 heterocycles. The van der Waals surface area contributed by atoms with Gasteiger partial charge in [0, 0.05) is 19.0 Å². The van der Waals surface area contributed by atoms with Gasteiger partial charge >= 0.3 is 0 Å². The van der Waals surface area contributed by atoms with Crippen molar-refractivity contribution in [2.75, 3.05) is 18.4 Å². The molecular formula is C19H15Cl2F2N3O3S2. The lowest BCUT2D eigenvalue weighted by Gasteiger charge is -2.30. The Hall–Kier alpha value is -1.85. The van der Waals surface area contributed by atoms with E-state index in [1.54, 1.807) is 12.1 Å². The van der Waals surface area contributed by atoms with Crippen LogP contribution in [0.3, 0.4) is 0 Å². The molecule has 2 aromatic carbocycles. The van der Waals surface area contributed by atoms with Crippen LogP contribution in [-0.4, -0.2) is 36.7 Å². The molecule has 0 atom stereocenters. The third-order valence-electron chi connectivity index (χ3n) is 5.04. The van der Waals surface area contributed by atoms with E-state index in [-0.39, 0.29) is 36.7 Å². The Balaban J connectivity index is 1.42. The summed E-state index contributed by atoms with van der Waals surface area (Å²) in [5, 5.41) is 3.81. The smallest absolute Gasteiger partial charge is 0.243 e. The summed E-state index contributed by atoms with van der Waals surface area (Å²) in [5.74, 6) is -3.03. The summed E-state index contributed by atoms with van der Waals surface area (Å²) in [6.07, 6.45) is 0.568. The molecule has 3 aromatic rings. The molecule has 1 amide bonds. The number of thiazole rings is 1. The normalized spacial score (nSPS) is 16.0. The topological polar surface area (TPSA) is 79.4 Å². The van der Waals surface area contributed by atoms with Crippen LogP contribution >= 0.6 is 34.5 Å². The lowest BCUT2D eigenvalue weighted by atomic mass is 9.97. The highest BCUT2D eigenvalue weighted by Crippen LogP contribution is 2.35. The maximum absolute atomic E-state index is 13.4. The monoisotopic (exact) mass is 505 g/mol. The number of aromatic nitrogens is 1. The lowest BCUT2D eigenvalue weighted by Crippen LogP contribution is -2.41. The molecule has 1 saturated heterocycles.